The monoisotopic (exact) mass is 271 g/mol. The number of amides is 2. The van der Waals surface area contributed by atoms with Gasteiger partial charge >= 0.3 is 0 Å². The third-order valence-corrected chi connectivity index (χ3v) is 3.28. The van der Waals surface area contributed by atoms with Gasteiger partial charge in [0, 0.05) is 19.7 Å². The maximum Gasteiger partial charge on any atom is 0.246 e. The minimum Gasteiger partial charge on any atom is -0.375 e. The van der Waals surface area contributed by atoms with Gasteiger partial charge in [0.15, 0.2) is 0 Å². The predicted octanol–water partition coefficient (Wildman–Crippen LogP) is -0.373. The van der Waals surface area contributed by atoms with Gasteiger partial charge in [0.2, 0.25) is 11.8 Å². The standard InChI is InChI=1S/C13H25N3O3/c1-8(2)12(16-11(17)7-19-3)13(18)15-6-10(14)9-4-5-9/h8-10,12H,4-7,14H2,1-3H3,(H,15,18)(H,16,17)/t10?,12-/m0/s1. The van der Waals surface area contributed by atoms with Crippen molar-refractivity contribution in [3.8, 4) is 0 Å². The molecule has 0 radical (unpaired) electrons. The van der Waals surface area contributed by atoms with Crippen molar-refractivity contribution >= 4 is 11.8 Å². The van der Waals surface area contributed by atoms with E-state index in [0.29, 0.717) is 12.5 Å². The molecule has 2 atom stereocenters. The Bertz CT molecular complexity index is 316. The van der Waals surface area contributed by atoms with Gasteiger partial charge in [0.1, 0.15) is 12.6 Å². The average Bonchev–Trinajstić information content (AvgIpc) is 3.16. The first-order valence-corrected chi connectivity index (χ1v) is 6.77. The molecule has 6 nitrogen and oxygen atoms in total. The van der Waals surface area contributed by atoms with Crippen LogP contribution in [0.25, 0.3) is 0 Å². The van der Waals surface area contributed by atoms with Crippen LogP contribution in [0.15, 0.2) is 0 Å². The number of ether oxygens (including phenoxy) is 1. The van der Waals surface area contributed by atoms with E-state index in [4.69, 9.17) is 10.5 Å². The van der Waals surface area contributed by atoms with E-state index in [1.54, 1.807) is 0 Å². The minimum atomic E-state index is -0.547. The molecule has 19 heavy (non-hydrogen) atoms. The van der Waals surface area contributed by atoms with E-state index in [-0.39, 0.29) is 30.4 Å². The molecular formula is C13H25N3O3. The first-order chi connectivity index (χ1) is 8.95. The van der Waals surface area contributed by atoms with Crippen LogP contribution < -0.4 is 16.4 Å². The summed E-state index contributed by atoms with van der Waals surface area (Å²) in [6.45, 7) is 4.20. The van der Waals surface area contributed by atoms with E-state index in [9.17, 15) is 9.59 Å². The summed E-state index contributed by atoms with van der Waals surface area (Å²) >= 11 is 0. The van der Waals surface area contributed by atoms with E-state index >= 15 is 0 Å². The zero-order valence-corrected chi connectivity index (χ0v) is 11.9. The van der Waals surface area contributed by atoms with Crippen molar-refractivity contribution in [2.45, 2.75) is 38.8 Å². The molecule has 1 unspecified atom stereocenters. The average molecular weight is 271 g/mol. The van der Waals surface area contributed by atoms with E-state index < -0.39 is 6.04 Å². The number of carbonyl (C=O) groups is 2. The second-order valence-corrected chi connectivity index (χ2v) is 5.47. The lowest BCUT2D eigenvalue weighted by Gasteiger charge is -2.22. The highest BCUT2D eigenvalue weighted by molar-refractivity contribution is 5.88. The van der Waals surface area contributed by atoms with Gasteiger partial charge in [-0.3, -0.25) is 9.59 Å². The number of methoxy groups -OCH3 is 1. The van der Waals surface area contributed by atoms with Gasteiger partial charge in [-0.15, -0.1) is 0 Å². The Labute approximate surface area is 114 Å². The van der Waals surface area contributed by atoms with Crippen LogP contribution >= 0.6 is 0 Å². The summed E-state index contributed by atoms with van der Waals surface area (Å²) in [5.41, 5.74) is 5.93. The summed E-state index contributed by atoms with van der Waals surface area (Å²) in [5, 5.41) is 5.48. The Morgan fingerprint density at radius 2 is 2.00 bits per heavy atom. The Morgan fingerprint density at radius 3 is 2.47 bits per heavy atom. The lowest BCUT2D eigenvalue weighted by Crippen LogP contribution is -2.52. The SMILES string of the molecule is COCC(=O)N[C@H](C(=O)NCC(N)C1CC1)C(C)C. The fraction of sp³-hybridized carbons (Fsp3) is 0.846. The predicted molar refractivity (Wildman–Crippen MR) is 72.4 cm³/mol. The number of hydrogen-bond acceptors (Lipinski definition) is 4. The Balaban J connectivity index is 2.40. The topological polar surface area (TPSA) is 93.4 Å². The molecule has 6 heteroatoms. The second-order valence-electron chi connectivity index (χ2n) is 5.47. The zero-order valence-electron chi connectivity index (χ0n) is 11.9. The largest absolute Gasteiger partial charge is 0.375 e. The molecule has 0 bridgehead atoms. The molecule has 1 rings (SSSR count). The van der Waals surface area contributed by atoms with Crippen molar-refractivity contribution in [3.05, 3.63) is 0 Å². The van der Waals surface area contributed by atoms with E-state index in [0.717, 1.165) is 12.8 Å². The number of nitrogens with one attached hydrogen (secondary N) is 2. The van der Waals surface area contributed by atoms with Crippen molar-refractivity contribution in [1.82, 2.24) is 10.6 Å². The summed E-state index contributed by atoms with van der Waals surface area (Å²) in [5.74, 6) is 0.0808. The fourth-order valence-electron chi connectivity index (χ4n) is 1.90. The van der Waals surface area contributed by atoms with Crippen molar-refractivity contribution in [1.29, 1.82) is 0 Å². The summed E-state index contributed by atoms with van der Waals surface area (Å²) in [6, 6.07) is -0.527. The number of carbonyl (C=O) groups excluding carboxylic acids is 2. The Hall–Kier alpha value is -1.14. The van der Waals surface area contributed by atoms with Gasteiger partial charge in [-0.1, -0.05) is 13.8 Å². The molecule has 1 fully saturated rings. The first kappa shape index (κ1) is 15.9. The Morgan fingerprint density at radius 1 is 1.37 bits per heavy atom. The van der Waals surface area contributed by atoms with Crippen LogP contribution in [-0.2, 0) is 14.3 Å². The van der Waals surface area contributed by atoms with Gasteiger partial charge in [-0.25, -0.2) is 0 Å². The van der Waals surface area contributed by atoms with Gasteiger partial charge < -0.3 is 21.1 Å². The molecule has 1 aliphatic rings. The van der Waals surface area contributed by atoms with E-state index in [1.807, 2.05) is 13.8 Å². The molecule has 0 saturated heterocycles. The van der Waals surface area contributed by atoms with Gasteiger partial charge in [-0.05, 0) is 24.7 Å². The van der Waals surface area contributed by atoms with Gasteiger partial charge in [0.25, 0.3) is 0 Å². The number of hydrogen-bond donors (Lipinski definition) is 3. The normalized spacial score (nSPS) is 17.9. The van der Waals surface area contributed by atoms with Crippen LogP contribution in [0.5, 0.6) is 0 Å². The van der Waals surface area contributed by atoms with Crippen LogP contribution in [0, 0.1) is 11.8 Å². The molecule has 0 heterocycles. The van der Waals surface area contributed by atoms with Gasteiger partial charge in [-0.2, -0.15) is 0 Å². The lowest BCUT2D eigenvalue weighted by molar-refractivity contribution is -0.132. The summed E-state index contributed by atoms with van der Waals surface area (Å²) < 4.78 is 4.74. The molecule has 2 amide bonds. The zero-order chi connectivity index (χ0) is 14.4. The summed E-state index contributed by atoms with van der Waals surface area (Å²) in [7, 11) is 1.44. The van der Waals surface area contributed by atoms with E-state index in [1.165, 1.54) is 7.11 Å². The molecule has 4 N–H and O–H groups in total. The molecule has 0 aromatic rings. The van der Waals surface area contributed by atoms with Crippen molar-refractivity contribution in [3.63, 3.8) is 0 Å². The highest BCUT2D eigenvalue weighted by atomic mass is 16.5. The van der Waals surface area contributed by atoms with Crippen LogP contribution in [-0.4, -0.2) is 44.2 Å². The molecule has 110 valence electrons. The number of rotatable bonds is 8. The molecule has 1 saturated carbocycles. The minimum absolute atomic E-state index is 0.0120. The molecule has 0 aliphatic heterocycles. The fourth-order valence-corrected chi connectivity index (χ4v) is 1.90. The van der Waals surface area contributed by atoms with Crippen molar-refractivity contribution in [2.24, 2.45) is 17.6 Å². The molecule has 0 spiro atoms. The maximum atomic E-state index is 12.0. The van der Waals surface area contributed by atoms with Crippen LogP contribution in [0.3, 0.4) is 0 Å². The van der Waals surface area contributed by atoms with Crippen LogP contribution in [0.4, 0.5) is 0 Å². The molecule has 0 aromatic heterocycles. The maximum absolute atomic E-state index is 12.0. The van der Waals surface area contributed by atoms with Gasteiger partial charge in [0.05, 0.1) is 0 Å². The molecular weight excluding hydrogens is 246 g/mol. The molecule has 0 aromatic carbocycles. The molecule has 1 aliphatic carbocycles. The van der Waals surface area contributed by atoms with Crippen molar-refractivity contribution < 1.29 is 14.3 Å². The second kappa shape index (κ2) is 7.45. The third kappa shape index (κ3) is 5.57. The smallest absolute Gasteiger partial charge is 0.246 e. The van der Waals surface area contributed by atoms with Crippen LogP contribution in [0.1, 0.15) is 26.7 Å². The Kier molecular flexibility index (Phi) is 6.24. The number of nitrogens with two attached hydrogens (primary N) is 1. The van der Waals surface area contributed by atoms with Crippen molar-refractivity contribution in [2.75, 3.05) is 20.3 Å². The summed E-state index contributed by atoms with van der Waals surface area (Å²) in [6.07, 6.45) is 2.30. The highest BCUT2D eigenvalue weighted by Gasteiger charge is 2.30. The van der Waals surface area contributed by atoms with E-state index in [2.05, 4.69) is 10.6 Å². The lowest BCUT2D eigenvalue weighted by atomic mass is 10.0. The van der Waals surface area contributed by atoms with Crippen LogP contribution in [0.2, 0.25) is 0 Å². The summed E-state index contributed by atoms with van der Waals surface area (Å²) in [4.78, 5) is 23.5. The quantitative estimate of drug-likeness (QED) is 0.561. The third-order valence-electron chi connectivity index (χ3n) is 3.28. The first-order valence-electron chi connectivity index (χ1n) is 6.77. The highest BCUT2D eigenvalue weighted by Crippen LogP contribution is 2.31.